The number of rotatable bonds is 4. The van der Waals surface area contributed by atoms with Crippen LogP contribution in [0.2, 0.25) is 0 Å². The minimum absolute atomic E-state index is 0.396. The summed E-state index contributed by atoms with van der Waals surface area (Å²) in [5.74, 6) is 1.64. The first-order chi connectivity index (χ1) is 9.65. The summed E-state index contributed by atoms with van der Waals surface area (Å²) in [5.41, 5.74) is 1.27. The molecule has 0 aromatic carbocycles. The second kappa shape index (κ2) is 5.86. The fourth-order valence-electron chi connectivity index (χ4n) is 4.05. The zero-order valence-electron chi connectivity index (χ0n) is 13.0. The molecule has 0 radical (unpaired) electrons. The van der Waals surface area contributed by atoms with E-state index in [4.69, 9.17) is 0 Å². The van der Waals surface area contributed by atoms with Gasteiger partial charge in [0, 0.05) is 43.0 Å². The van der Waals surface area contributed by atoms with Gasteiger partial charge in [0.25, 0.3) is 0 Å². The molecule has 4 nitrogen and oxygen atoms in total. The van der Waals surface area contributed by atoms with Gasteiger partial charge in [0.15, 0.2) is 0 Å². The highest BCUT2D eigenvalue weighted by atomic mass is 15.2. The zero-order valence-corrected chi connectivity index (χ0v) is 13.0. The topological polar surface area (TPSA) is 44.0 Å². The number of aromatic amines is 1. The lowest BCUT2D eigenvalue weighted by molar-refractivity contribution is 0.0257. The number of nitrogens with one attached hydrogen (secondary N) is 2. The molecule has 0 spiro atoms. The van der Waals surface area contributed by atoms with Gasteiger partial charge < -0.3 is 10.2 Å². The highest BCUT2D eigenvalue weighted by molar-refractivity contribution is 5.09. The lowest BCUT2D eigenvalue weighted by atomic mass is 9.73. The van der Waals surface area contributed by atoms with E-state index in [-0.39, 0.29) is 0 Å². The zero-order chi connectivity index (χ0) is 14.1. The summed E-state index contributed by atoms with van der Waals surface area (Å²) in [4.78, 5) is 2.68. The Hall–Kier alpha value is -0.870. The fraction of sp³-hybridized carbons (Fsp3) is 0.812. The van der Waals surface area contributed by atoms with E-state index in [2.05, 4.69) is 41.2 Å². The maximum Gasteiger partial charge on any atom is 0.0534 e. The highest BCUT2D eigenvalue weighted by Gasteiger charge is 2.40. The van der Waals surface area contributed by atoms with Gasteiger partial charge in [0.2, 0.25) is 0 Å². The molecule has 0 amide bonds. The SMILES string of the molecule is CC(NC1C2CCCC1CN(C(C)C)C2)c1cn[nH]c1. The molecule has 1 aliphatic heterocycles. The molecule has 1 aliphatic carbocycles. The van der Waals surface area contributed by atoms with E-state index in [0.29, 0.717) is 18.1 Å². The molecule has 4 heteroatoms. The Bertz CT molecular complexity index is 400. The first kappa shape index (κ1) is 14.1. The summed E-state index contributed by atoms with van der Waals surface area (Å²) in [6, 6.07) is 1.77. The van der Waals surface area contributed by atoms with Crippen LogP contribution in [0.4, 0.5) is 0 Å². The normalized spacial score (nSPS) is 32.5. The van der Waals surface area contributed by atoms with Gasteiger partial charge in [-0.05, 0) is 45.4 Å². The Morgan fingerprint density at radius 3 is 2.50 bits per heavy atom. The van der Waals surface area contributed by atoms with Crippen LogP contribution in [-0.4, -0.2) is 40.3 Å². The molecule has 2 bridgehead atoms. The van der Waals surface area contributed by atoms with E-state index in [1.807, 2.05) is 12.4 Å². The molecule has 112 valence electrons. The largest absolute Gasteiger partial charge is 0.307 e. The van der Waals surface area contributed by atoms with Gasteiger partial charge >= 0.3 is 0 Å². The molecule has 20 heavy (non-hydrogen) atoms. The van der Waals surface area contributed by atoms with Crippen molar-refractivity contribution in [2.75, 3.05) is 13.1 Å². The molecule has 1 saturated carbocycles. The van der Waals surface area contributed by atoms with Crippen molar-refractivity contribution in [1.29, 1.82) is 0 Å². The van der Waals surface area contributed by atoms with E-state index in [0.717, 1.165) is 11.8 Å². The predicted octanol–water partition coefficient (Wildman–Crippen LogP) is 2.57. The lowest BCUT2D eigenvalue weighted by Gasteiger charge is -2.49. The van der Waals surface area contributed by atoms with Gasteiger partial charge in [-0.15, -0.1) is 0 Å². The van der Waals surface area contributed by atoms with Crippen molar-refractivity contribution in [3.63, 3.8) is 0 Å². The first-order valence-corrected chi connectivity index (χ1v) is 8.14. The van der Waals surface area contributed by atoms with Crippen molar-refractivity contribution in [2.24, 2.45) is 11.8 Å². The quantitative estimate of drug-likeness (QED) is 0.888. The molecule has 3 atom stereocenters. The molecule has 1 aromatic rings. The van der Waals surface area contributed by atoms with E-state index in [1.54, 1.807) is 0 Å². The van der Waals surface area contributed by atoms with Crippen LogP contribution in [0, 0.1) is 11.8 Å². The summed E-state index contributed by atoms with van der Waals surface area (Å²) in [6.07, 6.45) is 8.14. The average Bonchev–Trinajstić information content (AvgIpc) is 2.91. The van der Waals surface area contributed by atoms with Gasteiger partial charge in [-0.3, -0.25) is 5.10 Å². The number of fused-ring (bicyclic) bond motifs is 2. The van der Waals surface area contributed by atoms with Crippen molar-refractivity contribution in [3.8, 4) is 0 Å². The predicted molar refractivity (Wildman–Crippen MR) is 81.5 cm³/mol. The summed E-state index contributed by atoms with van der Waals surface area (Å²) in [7, 11) is 0. The van der Waals surface area contributed by atoms with Crippen molar-refractivity contribution in [2.45, 2.75) is 58.2 Å². The van der Waals surface area contributed by atoms with Gasteiger partial charge in [0.1, 0.15) is 0 Å². The highest BCUT2D eigenvalue weighted by Crippen LogP contribution is 2.36. The minimum atomic E-state index is 0.396. The summed E-state index contributed by atoms with van der Waals surface area (Å²) >= 11 is 0. The van der Waals surface area contributed by atoms with Crippen molar-refractivity contribution in [3.05, 3.63) is 18.0 Å². The molecule has 1 saturated heterocycles. The fourth-order valence-corrected chi connectivity index (χ4v) is 4.05. The van der Waals surface area contributed by atoms with Gasteiger partial charge in [-0.2, -0.15) is 5.10 Å². The van der Waals surface area contributed by atoms with Crippen LogP contribution < -0.4 is 5.32 Å². The van der Waals surface area contributed by atoms with E-state index in [1.165, 1.54) is 37.9 Å². The van der Waals surface area contributed by atoms with E-state index >= 15 is 0 Å². The Kier molecular flexibility index (Phi) is 4.13. The van der Waals surface area contributed by atoms with Gasteiger partial charge in [0.05, 0.1) is 6.20 Å². The number of aromatic nitrogens is 2. The van der Waals surface area contributed by atoms with Crippen molar-refractivity contribution in [1.82, 2.24) is 20.4 Å². The first-order valence-electron chi connectivity index (χ1n) is 8.14. The third-order valence-electron chi connectivity index (χ3n) is 5.30. The number of H-pyrrole nitrogens is 1. The maximum absolute atomic E-state index is 4.07. The van der Waals surface area contributed by atoms with Crippen LogP contribution in [0.3, 0.4) is 0 Å². The molecule has 1 aromatic heterocycles. The second-order valence-electron chi connectivity index (χ2n) is 6.94. The van der Waals surface area contributed by atoms with Gasteiger partial charge in [-0.1, -0.05) is 6.42 Å². The molecule has 3 unspecified atom stereocenters. The molecule has 2 N–H and O–H groups in total. The third-order valence-corrected chi connectivity index (χ3v) is 5.30. The number of hydrogen-bond acceptors (Lipinski definition) is 3. The standard InChI is InChI=1S/C16H28N4/c1-11(2)20-9-13-5-4-6-14(10-20)16(13)19-12(3)15-7-17-18-8-15/h7-8,11-14,16,19H,4-6,9-10H2,1-3H3,(H,17,18). The van der Waals surface area contributed by atoms with Crippen LogP contribution in [-0.2, 0) is 0 Å². The molecule has 2 heterocycles. The number of nitrogens with zero attached hydrogens (tertiary/aromatic N) is 2. The molecule has 3 rings (SSSR count). The summed E-state index contributed by atoms with van der Waals surface area (Å²) in [6.45, 7) is 9.46. The Morgan fingerprint density at radius 1 is 1.25 bits per heavy atom. The molecule has 2 fully saturated rings. The number of hydrogen-bond donors (Lipinski definition) is 2. The van der Waals surface area contributed by atoms with Crippen LogP contribution in [0.5, 0.6) is 0 Å². The van der Waals surface area contributed by atoms with Crippen LogP contribution in [0.1, 0.15) is 51.6 Å². The van der Waals surface area contributed by atoms with E-state index in [9.17, 15) is 0 Å². The second-order valence-corrected chi connectivity index (χ2v) is 6.94. The summed E-state index contributed by atoms with van der Waals surface area (Å²) < 4.78 is 0. The molecule has 2 aliphatic rings. The van der Waals surface area contributed by atoms with Crippen molar-refractivity contribution >= 4 is 0 Å². The summed E-state index contributed by atoms with van der Waals surface area (Å²) in [5, 5.41) is 10.9. The van der Waals surface area contributed by atoms with E-state index < -0.39 is 0 Å². The molecular weight excluding hydrogens is 248 g/mol. The Labute approximate surface area is 122 Å². The van der Waals surface area contributed by atoms with Crippen molar-refractivity contribution < 1.29 is 0 Å². The van der Waals surface area contributed by atoms with Crippen LogP contribution in [0.25, 0.3) is 0 Å². The van der Waals surface area contributed by atoms with Gasteiger partial charge in [-0.25, -0.2) is 0 Å². The third kappa shape index (κ3) is 2.77. The lowest BCUT2D eigenvalue weighted by Crippen LogP contribution is -2.58. The minimum Gasteiger partial charge on any atom is -0.307 e. The Balaban J connectivity index is 1.67. The smallest absolute Gasteiger partial charge is 0.0534 e. The number of piperidine rings is 1. The maximum atomic E-state index is 4.07. The number of likely N-dealkylation sites (tertiary alicyclic amines) is 1. The van der Waals surface area contributed by atoms with Crippen LogP contribution in [0.15, 0.2) is 12.4 Å². The average molecular weight is 276 g/mol. The van der Waals surface area contributed by atoms with Crippen LogP contribution >= 0.6 is 0 Å². The Morgan fingerprint density at radius 2 is 1.95 bits per heavy atom. The monoisotopic (exact) mass is 276 g/mol. The molecular formula is C16H28N4.